The van der Waals surface area contributed by atoms with Crippen LogP contribution in [0.1, 0.15) is 28.6 Å². The van der Waals surface area contributed by atoms with Crippen molar-refractivity contribution in [3.05, 3.63) is 83.3 Å². The van der Waals surface area contributed by atoms with E-state index in [1.165, 1.54) is 16.8 Å². The zero-order valence-electron chi connectivity index (χ0n) is 12.1. The van der Waals surface area contributed by atoms with Crippen LogP contribution in [0, 0.1) is 0 Å². The molecule has 3 heteroatoms. The Balaban J connectivity index is 1.68. The Bertz CT molecular complexity index is 793. The molecule has 1 atom stereocenters. The molecule has 0 saturated carbocycles. The molecule has 22 heavy (non-hydrogen) atoms. The van der Waals surface area contributed by atoms with Crippen LogP contribution in [0.2, 0.25) is 0 Å². The first-order valence-corrected chi connectivity index (χ1v) is 7.50. The topological polar surface area (TPSA) is 45.4 Å². The third-order valence-corrected chi connectivity index (χ3v) is 4.21. The molecule has 1 aromatic heterocycles. The highest BCUT2D eigenvalue weighted by atomic mass is 16.4. The molecule has 2 aromatic carbocycles. The molecule has 1 aliphatic heterocycles. The van der Waals surface area contributed by atoms with Gasteiger partial charge in [0.05, 0.1) is 6.26 Å². The predicted molar refractivity (Wildman–Crippen MR) is 86.3 cm³/mol. The Morgan fingerprint density at radius 3 is 2.59 bits per heavy atom. The molecule has 3 nitrogen and oxygen atoms in total. The molecule has 0 aliphatic carbocycles. The van der Waals surface area contributed by atoms with E-state index in [0.29, 0.717) is 5.76 Å². The van der Waals surface area contributed by atoms with Crippen LogP contribution in [0.5, 0.6) is 0 Å². The average molecular weight is 291 g/mol. The lowest BCUT2D eigenvalue weighted by Gasteiger charge is -2.13. The molecule has 0 amide bonds. The highest BCUT2D eigenvalue weighted by Gasteiger charge is 2.17. The van der Waals surface area contributed by atoms with E-state index in [2.05, 4.69) is 29.6 Å². The van der Waals surface area contributed by atoms with Crippen LogP contribution < -0.4 is 5.32 Å². The number of anilines is 2. The van der Waals surface area contributed by atoms with E-state index in [-0.39, 0.29) is 0 Å². The van der Waals surface area contributed by atoms with Crippen molar-refractivity contribution in [2.45, 2.75) is 18.9 Å². The minimum atomic E-state index is -0.717. The maximum absolute atomic E-state index is 10.4. The van der Waals surface area contributed by atoms with E-state index in [1.807, 2.05) is 18.2 Å². The third-order valence-electron chi connectivity index (χ3n) is 4.21. The van der Waals surface area contributed by atoms with Crippen molar-refractivity contribution in [1.29, 1.82) is 0 Å². The van der Waals surface area contributed by atoms with Gasteiger partial charge in [0.1, 0.15) is 11.9 Å². The van der Waals surface area contributed by atoms with Crippen molar-refractivity contribution in [3.8, 4) is 0 Å². The number of hydrogen-bond donors (Lipinski definition) is 2. The largest absolute Gasteiger partial charge is 0.466 e. The Morgan fingerprint density at radius 2 is 1.73 bits per heavy atom. The molecular formula is C19H17NO2. The minimum absolute atomic E-state index is 0.574. The number of aliphatic hydroxyl groups is 1. The van der Waals surface area contributed by atoms with E-state index in [1.54, 1.807) is 18.4 Å². The van der Waals surface area contributed by atoms with Gasteiger partial charge in [-0.1, -0.05) is 30.3 Å². The summed E-state index contributed by atoms with van der Waals surface area (Å²) < 4.78 is 5.30. The molecule has 2 N–H and O–H groups in total. The SMILES string of the molecule is OC(c1ccc2c(c1)CCc1ccccc1N2)c1ccco1. The van der Waals surface area contributed by atoms with Gasteiger partial charge in [-0.15, -0.1) is 0 Å². The van der Waals surface area contributed by atoms with Gasteiger partial charge in [0, 0.05) is 11.4 Å². The number of nitrogens with one attached hydrogen (secondary N) is 1. The lowest BCUT2D eigenvalue weighted by molar-refractivity contribution is 0.189. The zero-order chi connectivity index (χ0) is 14.9. The van der Waals surface area contributed by atoms with E-state index < -0.39 is 6.10 Å². The summed E-state index contributed by atoms with van der Waals surface area (Å²) in [4.78, 5) is 0. The molecule has 3 aromatic rings. The summed E-state index contributed by atoms with van der Waals surface area (Å²) in [6.45, 7) is 0. The maximum atomic E-state index is 10.4. The summed E-state index contributed by atoms with van der Waals surface area (Å²) in [6.07, 6.45) is 2.82. The van der Waals surface area contributed by atoms with Crippen molar-refractivity contribution in [2.75, 3.05) is 5.32 Å². The van der Waals surface area contributed by atoms with Crippen LogP contribution in [-0.2, 0) is 12.8 Å². The molecule has 1 aliphatic rings. The number of para-hydroxylation sites is 1. The van der Waals surface area contributed by atoms with E-state index in [0.717, 1.165) is 24.1 Å². The Morgan fingerprint density at radius 1 is 0.909 bits per heavy atom. The van der Waals surface area contributed by atoms with Gasteiger partial charge in [-0.25, -0.2) is 0 Å². The van der Waals surface area contributed by atoms with Gasteiger partial charge in [-0.05, 0) is 53.8 Å². The molecule has 0 radical (unpaired) electrons. The lowest BCUT2D eigenvalue weighted by Crippen LogP contribution is -2.01. The van der Waals surface area contributed by atoms with Gasteiger partial charge in [0.2, 0.25) is 0 Å². The van der Waals surface area contributed by atoms with Crippen LogP contribution in [0.15, 0.2) is 65.3 Å². The van der Waals surface area contributed by atoms with E-state index in [4.69, 9.17) is 4.42 Å². The minimum Gasteiger partial charge on any atom is -0.466 e. The molecule has 2 heterocycles. The summed E-state index contributed by atoms with van der Waals surface area (Å²) in [7, 11) is 0. The van der Waals surface area contributed by atoms with Crippen LogP contribution in [-0.4, -0.2) is 5.11 Å². The molecule has 0 spiro atoms. The quantitative estimate of drug-likeness (QED) is 0.743. The van der Waals surface area contributed by atoms with Crippen LogP contribution in [0.3, 0.4) is 0 Å². The second kappa shape index (κ2) is 5.35. The van der Waals surface area contributed by atoms with Crippen molar-refractivity contribution < 1.29 is 9.52 Å². The number of fused-ring (bicyclic) bond motifs is 2. The predicted octanol–water partition coefficient (Wildman–Crippen LogP) is 4.20. The van der Waals surface area contributed by atoms with Crippen LogP contribution in [0.4, 0.5) is 11.4 Å². The lowest BCUT2D eigenvalue weighted by atomic mass is 9.99. The number of benzene rings is 2. The number of furan rings is 1. The van der Waals surface area contributed by atoms with Crippen molar-refractivity contribution in [1.82, 2.24) is 0 Å². The second-order valence-corrected chi connectivity index (χ2v) is 5.62. The molecule has 4 rings (SSSR count). The fourth-order valence-corrected chi connectivity index (χ4v) is 3.00. The van der Waals surface area contributed by atoms with Crippen LogP contribution >= 0.6 is 0 Å². The number of aryl methyl sites for hydroxylation is 2. The first-order chi connectivity index (χ1) is 10.8. The number of hydrogen-bond acceptors (Lipinski definition) is 3. The monoisotopic (exact) mass is 291 g/mol. The summed E-state index contributed by atoms with van der Waals surface area (Å²) in [5.41, 5.74) is 5.69. The van der Waals surface area contributed by atoms with Crippen molar-refractivity contribution >= 4 is 11.4 Å². The van der Waals surface area contributed by atoms with Crippen molar-refractivity contribution in [2.24, 2.45) is 0 Å². The summed E-state index contributed by atoms with van der Waals surface area (Å²) in [5.74, 6) is 0.574. The fourth-order valence-electron chi connectivity index (χ4n) is 3.00. The van der Waals surface area contributed by atoms with E-state index in [9.17, 15) is 5.11 Å². The zero-order valence-corrected chi connectivity index (χ0v) is 12.1. The molecule has 0 fully saturated rings. The van der Waals surface area contributed by atoms with Crippen LogP contribution in [0.25, 0.3) is 0 Å². The standard InChI is InChI=1S/C19H17NO2/c21-19(18-6-3-11-22-18)15-9-10-17-14(12-15)8-7-13-4-1-2-5-16(13)20-17/h1-6,9-12,19-21H,7-8H2. The van der Waals surface area contributed by atoms with Gasteiger partial charge in [0.15, 0.2) is 0 Å². The molecular weight excluding hydrogens is 274 g/mol. The smallest absolute Gasteiger partial charge is 0.137 e. The Kier molecular flexibility index (Phi) is 3.20. The number of rotatable bonds is 2. The van der Waals surface area contributed by atoms with Gasteiger partial charge >= 0.3 is 0 Å². The first-order valence-electron chi connectivity index (χ1n) is 7.50. The molecule has 0 saturated heterocycles. The maximum Gasteiger partial charge on any atom is 0.137 e. The molecule has 0 bridgehead atoms. The normalized spacial score (nSPS) is 14.4. The highest BCUT2D eigenvalue weighted by molar-refractivity contribution is 5.68. The van der Waals surface area contributed by atoms with Gasteiger partial charge < -0.3 is 14.8 Å². The van der Waals surface area contributed by atoms with Gasteiger partial charge in [-0.2, -0.15) is 0 Å². The fraction of sp³-hybridized carbons (Fsp3) is 0.158. The Hall–Kier alpha value is -2.52. The van der Waals surface area contributed by atoms with E-state index >= 15 is 0 Å². The summed E-state index contributed by atoms with van der Waals surface area (Å²) in [6, 6.07) is 18.0. The van der Waals surface area contributed by atoms with Gasteiger partial charge in [-0.3, -0.25) is 0 Å². The van der Waals surface area contributed by atoms with Gasteiger partial charge in [0.25, 0.3) is 0 Å². The Labute approximate surface area is 129 Å². The second-order valence-electron chi connectivity index (χ2n) is 5.62. The number of aliphatic hydroxyl groups excluding tert-OH is 1. The average Bonchev–Trinajstić information content (AvgIpc) is 3.02. The summed E-state index contributed by atoms with van der Waals surface area (Å²) in [5, 5.41) is 13.9. The molecule has 110 valence electrons. The summed E-state index contributed by atoms with van der Waals surface area (Å²) >= 11 is 0. The first kappa shape index (κ1) is 13.2. The van der Waals surface area contributed by atoms with Crippen molar-refractivity contribution in [3.63, 3.8) is 0 Å². The third kappa shape index (κ3) is 2.30. The molecule has 1 unspecified atom stereocenters. The highest BCUT2D eigenvalue weighted by Crippen LogP contribution is 2.32.